The molecule has 0 amide bonds. The predicted octanol–water partition coefficient (Wildman–Crippen LogP) is 3.74. The van der Waals surface area contributed by atoms with E-state index in [9.17, 15) is 0 Å². The molecule has 2 heteroatoms. The predicted molar refractivity (Wildman–Crippen MR) is 61.8 cm³/mol. The van der Waals surface area contributed by atoms with Gasteiger partial charge in [0.25, 0.3) is 0 Å². The smallest absolute Gasteiger partial charge is 0 e. The third-order valence-corrected chi connectivity index (χ3v) is 2.32. The van der Waals surface area contributed by atoms with Gasteiger partial charge >= 0.3 is 0 Å². The van der Waals surface area contributed by atoms with Crippen molar-refractivity contribution in [3.63, 3.8) is 0 Å². The van der Waals surface area contributed by atoms with Crippen LogP contribution in [0.15, 0.2) is 54.6 Å². The monoisotopic (exact) mass is 326 g/mol. The Morgan fingerprint density at radius 3 is 1.54 bits per heavy atom. The van der Waals surface area contributed by atoms with Crippen LogP contribution in [0, 0.1) is 0 Å². The Balaban J connectivity index is 0.000000215. The maximum atomic E-state index is 2.35. The van der Waals surface area contributed by atoms with Crippen LogP contribution >= 0.6 is 22.6 Å². The van der Waals surface area contributed by atoms with Crippen LogP contribution in [0.25, 0.3) is 0 Å². The molecule has 13 heavy (non-hydrogen) atoms. The first-order valence-electron chi connectivity index (χ1n) is 3.86. The Hall–Kier alpha value is -0.0505. The van der Waals surface area contributed by atoms with E-state index in [1.54, 1.807) is 0 Å². The third-order valence-electron chi connectivity index (χ3n) is 1.44. The van der Waals surface area contributed by atoms with E-state index in [0.717, 1.165) is 4.43 Å². The molecule has 0 radical (unpaired) electrons. The number of alkyl halides is 1. The molecule has 0 saturated heterocycles. The quantitative estimate of drug-likeness (QED) is 0.324. The molecule has 0 saturated carbocycles. The SMILES string of the molecule is IC[c-]1cccc1.[Fe].[cH-]1[cH-][cH-][cH-][cH-]1. The van der Waals surface area contributed by atoms with E-state index in [4.69, 9.17) is 0 Å². The molecular formula is C11H11FeI-6. The maximum Gasteiger partial charge on any atom is 0 e. The van der Waals surface area contributed by atoms with E-state index >= 15 is 0 Å². The average Bonchev–Trinajstić information content (AvgIpc) is 2.81. The molecule has 0 fully saturated rings. The first-order chi connectivity index (χ1) is 5.93. The fourth-order valence-corrected chi connectivity index (χ4v) is 1.33. The number of rotatable bonds is 1. The molecule has 2 rings (SSSR count). The zero-order chi connectivity index (χ0) is 8.65. The van der Waals surface area contributed by atoms with Gasteiger partial charge in [-0.3, -0.25) is 0 Å². The van der Waals surface area contributed by atoms with E-state index in [2.05, 4.69) is 46.9 Å². The first-order valence-corrected chi connectivity index (χ1v) is 5.39. The van der Waals surface area contributed by atoms with Gasteiger partial charge in [0.2, 0.25) is 0 Å². The maximum absolute atomic E-state index is 2.35. The van der Waals surface area contributed by atoms with E-state index in [1.807, 2.05) is 30.3 Å². The van der Waals surface area contributed by atoms with E-state index < -0.39 is 0 Å². The molecule has 0 atom stereocenters. The van der Waals surface area contributed by atoms with Gasteiger partial charge in [0.05, 0.1) is 0 Å². The summed E-state index contributed by atoms with van der Waals surface area (Å²) in [6.07, 6.45) is 0. The van der Waals surface area contributed by atoms with Crippen LogP contribution in [0.5, 0.6) is 0 Å². The second-order valence-electron chi connectivity index (χ2n) is 2.39. The number of hydrogen-bond acceptors (Lipinski definition) is 0. The third kappa shape index (κ3) is 6.08. The van der Waals surface area contributed by atoms with Crippen molar-refractivity contribution in [2.24, 2.45) is 0 Å². The molecule has 0 spiro atoms. The van der Waals surface area contributed by atoms with Crippen LogP contribution in [-0.4, -0.2) is 0 Å². The van der Waals surface area contributed by atoms with E-state index in [1.165, 1.54) is 5.56 Å². The zero-order valence-corrected chi connectivity index (χ0v) is 10.4. The molecule has 0 N–H and O–H groups in total. The minimum absolute atomic E-state index is 0. The first kappa shape index (κ1) is 12.9. The van der Waals surface area contributed by atoms with Crippen molar-refractivity contribution in [2.45, 2.75) is 4.43 Å². The van der Waals surface area contributed by atoms with Crippen molar-refractivity contribution in [3.05, 3.63) is 60.2 Å². The van der Waals surface area contributed by atoms with Gasteiger partial charge < -0.3 is 30.3 Å². The molecule has 0 heterocycles. The Kier molecular flexibility index (Phi) is 8.51. The van der Waals surface area contributed by atoms with Crippen LogP contribution in [-0.2, 0) is 21.5 Å². The largest absolute Gasteiger partial charge is 0.748 e. The Labute approximate surface area is 104 Å². The van der Waals surface area contributed by atoms with Gasteiger partial charge in [-0.15, -0.1) is 5.56 Å². The molecule has 0 aliphatic carbocycles. The van der Waals surface area contributed by atoms with Crippen molar-refractivity contribution < 1.29 is 17.1 Å². The summed E-state index contributed by atoms with van der Waals surface area (Å²) in [4.78, 5) is 0. The fraction of sp³-hybridized carbons (Fsp3) is 0.0909. The second kappa shape index (κ2) is 8.54. The average molecular weight is 326 g/mol. The Morgan fingerprint density at radius 2 is 1.31 bits per heavy atom. The standard InChI is InChI=1S/C6H6I.C5H5.Fe/c7-5-6-3-1-2-4-6;1-2-4-5-3-1;/h1-4H,5H2;1-5H;/q-1;-5;. The van der Waals surface area contributed by atoms with E-state index in [0.29, 0.717) is 0 Å². The van der Waals surface area contributed by atoms with Gasteiger partial charge in [-0.25, -0.2) is 12.1 Å². The second-order valence-corrected chi connectivity index (χ2v) is 3.15. The van der Waals surface area contributed by atoms with Gasteiger partial charge in [0, 0.05) is 17.1 Å². The summed E-state index contributed by atoms with van der Waals surface area (Å²) < 4.78 is 1.13. The van der Waals surface area contributed by atoms with Gasteiger partial charge in [0.15, 0.2) is 0 Å². The summed E-state index contributed by atoms with van der Waals surface area (Å²) in [5, 5.41) is 0. The van der Waals surface area contributed by atoms with Crippen molar-refractivity contribution in [3.8, 4) is 0 Å². The van der Waals surface area contributed by atoms with Crippen molar-refractivity contribution >= 4 is 22.6 Å². The summed E-state index contributed by atoms with van der Waals surface area (Å²) >= 11 is 2.35. The summed E-state index contributed by atoms with van der Waals surface area (Å²) in [5.41, 5.74) is 1.42. The van der Waals surface area contributed by atoms with Gasteiger partial charge in [-0.05, 0) is 4.43 Å². The molecule has 0 aliphatic rings. The topological polar surface area (TPSA) is 0 Å². The molecule has 2 aromatic carbocycles. The summed E-state index contributed by atoms with van der Waals surface area (Å²) in [6.45, 7) is 0. The van der Waals surface area contributed by atoms with Gasteiger partial charge in [0.1, 0.15) is 0 Å². The Morgan fingerprint density at radius 1 is 0.923 bits per heavy atom. The minimum atomic E-state index is 0. The normalized spacial score (nSPS) is 8.08. The van der Waals surface area contributed by atoms with Crippen LogP contribution in [0.4, 0.5) is 0 Å². The van der Waals surface area contributed by atoms with Crippen LogP contribution < -0.4 is 0 Å². The Bertz CT molecular complexity index is 241. The minimum Gasteiger partial charge on any atom is -0.748 e. The van der Waals surface area contributed by atoms with E-state index in [-0.39, 0.29) is 17.1 Å². The summed E-state index contributed by atoms with van der Waals surface area (Å²) in [7, 11) is 0. The van der Waals surface area contributed by atoms with Crippen molar-refractivity contribution in [1.82, 2.24) is 0 Å². The van der Waals surface area contributed by atoms with Crippen LogP contribution in [0.3, 0.4) is 0 Å². The number of hydrogen-bond donors (Lipinski definition) is 0. The summed E-state index contributed by atoms with van der Waals surface area (Å²) in [6, 6.07) is 18.4. The molecule has 76 valence electrons. The zero-order valence-electron chi connectivity index (χ0n) is 7.13. The van der Waals surface area contributed by atoms with Crippen molar-refractivity contribution in [1.29, 1.82) is 0 Å². The molecule has 0 nitrogen and oxygen atoms in total. The van der Waals surface area contributed by atoms with Gasteiger partial charge in [-0.2, -0.15) is 12.1 Å². The van der Waals surface area contributed by atoms with Crippen LogP contribution in [0.2, 0.25) is 0 Å². The van der Waals surface area contributed by atoms with Crippen LogP contribution in [0.1, 0.15) is 5.56 Å². The molecule has 0 aliphatic heterocycles. The molecule has 0 bridgehead atoms. The van der Waals surface area contributed by atoms with Gasteiger partial charge in [-0.1, -0.05) is 22.6 Å². The molecular weight excluding hydrogens is 315 g/mol. The molecule has 0 unspecified atom stereocenters. The molecule has 0 aromatic heterocycles. The van der Waals surface area contributed by atoms with Crippen molar-refractivity contribution in [2.75, 3.05) is 0 Å². The fourth-order valence-electron chi connectivity index (χ4n) is 0.824. The molecule has 2 aromatic rings. The summed E-state index contributed by atoms with van der Waals surface area (Å²) in [5.74, 6) is 0. The number of halogens is 1.